The van der Waals surface area contributed by atoms with Crippen molar-refractivity contribution in [1.29, 1.82) is 0 Å². The van der Waals surface area contributed by atoms with Gasteiger partial charge in [-0.05, 0) is 6.07 Å². The number of aromatic carboxylic acids is 1. The summed E-state index contributed by atoms with van der Waals surface area (Å²) in [5.41, 5.74) is 0.603. The molecule has 0 spiro atoms. The fourth-order valence-corrected chi connectivity index (χ4v) is 1.86. The van der Waals surface area contributed by atoms with Crippen LogP contribution in [0.1, 0.15) is 10.5 Å². The van der Waals surface area contributed by atoms with Crippen LogP contribution in [0.3, 0.4) is 0 Å². The minimum atomic E-state index is -1.12. The third-order valence-electron chi connectivity index (χ3n) is 2.25. The topological polar surface area (TPSA) is 72.3 Å². The van der Waals surface area contributed by atoms with Gasteiger partial charge in [0.05, 0.1) is 7.11 Å². The van der Waals surface area contributed by atoms with E-state index in [9.17, 15) is 4.79 Å². The highest BCUT2D eigenvalue weighted by atomic mass is 79.9. The molecule has 1 aromatic carbocycles. The van der Waals surface area contributed by atoms with Crippen molar-refractivity contribution in [2.24, 2.45) is 0 Å². The Morgan fingerprint density at radius 3 is 2.67 bits per heavy atom. The molecule has 0 unspecified atom stereocenters. The van der Waals surface area contributed by atoms with Gasteiger partial charge in [-0.15, -0.1) is 0 Å². The van der Waals surface area contributed by atoms with Crippen molar-refractivity contribution in [3.63, 3.8) is 0 Å². The number of halogens is 1. The van der Waals surface area contributed by atoms with E-state index in [2.05, 4.69) is 25.9 Å². The Morgan fingerprint density at radius 1 is 1.33 bits per heavy atom. The zero-order valence-electron chi connectivity index (χ0n) is 9.42. The maximum Gasteiger partial charge on any atom is 0.354 e. The van der Waals surface area contributed by atoms with Gasteiger partial charge >= 0.3 is 5.97 Å². The van der Waals surface area contributed by atoms with Crippen molar-refractivity contribution >= 4 is 21.9 Å². The SMILES string of the molecule is COc1cc(C(=O)O)nc(-c2ccccc2Br)n1. The summed E-state index contributed by atoms with van der Waals surface area (Å²) in [6, 6.07) is 8.58. The third kappa shape index (κ3) is 2.48. The Morgan fingerprint density at radius 2 is 2.06 bits per heavy atom. The fourth-order valence-electron chi connectivity index (χ4n) is 1.40. The van der Waals surface area contributed by atoms with Gasteiger partial charge in [0.15, 0.2) is 11.5 Å². The average molecular weight is 309 g/mol. The van der Waals surface area contributed by atoms with Crippen molar-refractivity contribution in [1.82, 2.24) is 9.97 Å². The number of rotatable bonds is 3. The molecule has 0 fully saturated rings. The van der Waals surface area contributed by atoms with E-state index >= 15 is 0 Å². The van der Waals surface area contributed by atoms with Crippen LogP contribution >= 0.6 is 15.9 Å². The molecule has 0 saturated heterocycles. The molecule has 0 saturated carbocycles. The molecule has 5 nitrogen and oxygen atoms in total. The predicted molar refractivity (Wildman–Crippen MR) is 68.7 cm³/mol. The summed E-state index contributed by atoms with van der Waals surface area (Å²) in [6.07, 6.45) is 0. The molecule has 18 heavy (non-hydrogen) atoms. The van der Waals surface area contributed by atoms with Gasteiger partial charge in [0.1, 0.15) is 0 Å². The number of ether oxygens (including phenoxy) is 1. The predicted octanol–water partition coefficient (Wildman–Crippen LogP) is 2.61. The van der Waals surface area contributed by atoms with Gasteiger partial charge in [-0.25, -0.2) is 9.78 Å². The molecule has 1 heterocycles. The first kappa shape index (κ1) is 12.5. The number of benzene rings is 1. The minimum absolute atomic E-state index is 0.104. The number of aromatic nitrogens is 2. The van der Waals surface area contributed by atoms with Crippen LogP contribution in [0.5, 0.6) is 5.88 Å². The van der Waals surface area contributed by atoms with E-state index < -0.39 is 5.97 Å². The van der Waals surface area contributed by atoms with Crippen molar-refractivity contribution in [3.05, 3.63) is 40.5 Å². The molecule has 0 radical (unpaired) electrons. The number of carboxylic acids is 1. The van der Waals surface area contributed by atoms with Crippen LogP contribution in [-0.2, 0) is 0 Å². The first-order valence-corrected chi connectivity index (χ1v) is 5.82. The number of nitrogens with zero attached hydrogens (tertiary/aromatic N) is 2. The smallest absolute Gasteiger partial charge is 0.354 e. The van der Waals surface area contributed by atoms with E-state index in [4.69, 9.17) is 9.84 Å². The van der Waals surface area contributed by atoms with Gasteiger partial charge in [0.25, 0.3) is 0 Å². The Balaban J connectivity index is 2.60. The Kier molecular flexibility index (Phi) is 3.57. The molecule has 2 rings (SSSR count). The number of methoxy groups -OCH3 is 1. The summed E-state index contributed by atoms with van der Waals surface area (Å²) < 4.78 is 5.76. The fraction of sp³-hybridized carbons (Fsp3) is 0.0833. The molecule has 6 heteroatoms. The summed E-state index contributed by atoms with van der Waals surface area (Å²) in [4.78, 5) is 19.1. The summed E-state index contributed by atoms with van der Waals surface area (Å²) in [5, 5.41) is 8.99. The zero-order valence-corrected chi connectivity index (χ0v) is 11.0. The maximum absolute atomic E-state index is 11.0. The molecule has 0 bridgehead atoms. The van der Waals surface area contributed by atoms with Gasteiger partial charge < -0.3 is 9.84 Å². The molecule has 2 aromatic rings. The Hall–Kier alpha value is -1.95. The minimum Gasteiger partial charge on any atom is -0.481 e. The first-order valence-electron chi connectivity index (χ1n) is 5.03. The normalized spacial score (nSPS) is 10.1. The van der Waals surface area contributed by atoms with Crippen molar-refractivity contribution in [2.75, 3.05) is 7.11 Å². The first-order chi connectivity index (χ1) is 8.61. The summed E-state index contributed by atoms with van der Waals surface area (Å²) in [5.74, 6) is -0.601. The second-order valence-electron chi connectivity index (χ2n) is 3.40. The van der Waals surface area contributed by atoms with E-state index in [1.54, 1.807) is 6.07 Å². The number of carbonyl (C=O) groups is 1. The molecular formula is C12H9BrN2O3. The van der Waals surface area contributed by atoms with Gasteiger partial charge in [0.2, 0.25) is 5.88 Å². The zero-order chi connectivity index (χ0) is 13.1. The largest absolute Gasteiger partial charge is 0.481 e. The summed E-state index contributed by atoms with van der Waals surface area (Å²) in [6.45, 7) is 0. The molecule has 1 aromatic heterocycles. The van der Waals surface area contributed by atoms with Crippen LogP contribution in [0.25, 0.3) is 11.4 Å². The molecule has 0 atom stereocenters. The molecule has 0 aliphatic rings. The molecular weight excluding hydrogens is 300 g/mol. The van der Waals surface area contributed by atoms with E-state index in [0.717, 1.165) is 4.47 Å². The molecule has 0 aliphatic carbocycles. The lowest BCUT2D eigenvalue weighted by atomic mass is 10.2. The lowest BCUT2D eigenvalue weighted by Crippen LogP contribution is -2.04. The van der Waals surface area contributed by atoms with Gasteiger partial charge in [-0.3, -0.25) is 0 Å². The van der Waals surface area contributed by atoms with Crippen LogP contribution < -0.4 is 4.74 Å². The summed E-state index contributed by atoms with van der Waals surface area (Å²) >= 11 is 3.37. The second kappa shape index (κ2) is 5.14. The monoisotopic (exact) mass is 308 g/mol. The van der Waals surface area contributed by atoms with Crippen LogP contribution in [0.4, 0.5) is 0 Å². The van der Waals surface area contributed by atoms with E-state index in [-0.39, 0.29) is 11.6 Å². The third-order valence-corrected chi connectivity index (χ3v) is 2.94. The van der Waals surface area contributed by atoms with Crippen molar-refractivity contribution < 1.29 is 14.6 Å². The van der Waals surface area contributed by atoms with Crippen LogP contribution in [0, 0.1) is 0 Å². The van der Waals surface area contributed by atoms with E-state index in [0.29, 0.717) is 11.4 Å². The second-order valence-corrected chi connectivity index (χ2v) is 4.26. The van der Waals surface area contributed by atoms with Crippen LogP contribution in [0.15, 0.2) is 34.8 Å². The van der Waals surface area contributed by atoms with Crippen LogP contribution in [-0.4, -0.2) is 28.2 Å². The highest BCUT2D eigenvalue weighted by molar-refractivity contribution is 9.10. The number of carboxylic acid groups (broad SMARTS) is 1. The molecule has 92 valence electrons. The molecule has 1 N–H and O–H groups in total. The van der Waals surface area contributed by atoms with Crippen molar-refractivity contribution in [2.45, 2.75) is 0 Å². The lowest BCUT2D eigenvalue weighted by molar-refractivity contribution is 0.0690. The highest BCUT2D eigenvalue weighted by Gasteiger charge is 2.13. The van der Waals surface area contributed by atoms with Crippen molar-refractivity contribution in [3.8, 4) is 17.3 Å². The van der Waals surface area contributed by atoms with Crippen LogP contribution in [0.2, 0.25) is 0 Å². The van der Waals surface area contributed by atoms with E-state index in [1.165, 1.54) is 13.2 Å². The number of hydrogen-bond donors (Lipinski definition) is 1. The highest BCUT2D eigenvalue weighted by Crippen LogP contribution is 2.26. The van der Waals surface area contributed by atoms with E-state index in [1.807, 2.05) is 18.2 Å². The lowest BCUT2D eigenvalue weighted by Gasteiger charge is -2.06. The average Bonchev–Trinajstić information content (AvgIpc) is 2.38. The Labute approximate surface area is 112 Å². The summed E-state index contributed by atoms with van der Waals surface area (Å²) in [7, 11) is 1.43. The standard InChI is InChI=1S/C12H9BrN2O3/c1-18-10-6-9(12(16)17)14-11(15-10)7-4-2-3-5-8(7)13/h2-6H,1H3,(H,16,17). The maximum atomic E-state index is 11.0. The molecule has 0 aliphatic heterocycles. The van der Waals surface area contributed by atoms with Gasteiger partial charge in [-0.1, -0.05) is 34.1 Å². The quantitative estimate of drug-likeness (QED) is 0.943. The van der Waals surface area contributed by atoms with Gasteiger partial charge in [0, 0.05) is 16.1 Å². The Bertz CT molecular complexity index is 602. The number of hydrogen-bond acceptors (Lipinski definition) is 4. The van der Waals surface area contributed by atoms with Gasteiger partial charge in [-0.2, -0.15) is 4.98 Å². The molecule has 0 amide bonds.